The van der Waals surface area contributed by atoms with Crippen molar-refractivity contribution in [2.45, 2.75) is 46.3 Å². The van der Waals surface area contributed by atoms with Crippen LogP contribution in [0, 0.1) is 13.8 Å². The van der Waals surface area contributed by atoms with Gasteiger partial charge in [-0.1, -0.05) is 6.07 Å². The SMILES string of the molecule is CCN(CC)c1ccc(-n2c(C)cc([C@@H]3[C@H](c4ccccn4)NC(=S)N3Cc3ccco3)c2C)cc1. The lowest BCUT2D eigenvalue weighted by Gasteiger charge is -2.27. The highest BCUT2D eigenvalue weighted by Crippen LogP contribution is 2.42. The summed E-state index contributed by atoms with van der Waals surface area (Å²) in [6, 6.07) is 21.0. The number of furan rings is 1. The molecule has 4 heterocycles. The zero-order valence-electron chi connectivity index (χ0n) is 21.3. The molecule has 1 aliphatic heterocycles. The maximum absolute atomic E-state index is 5.84. The molecule has 7 heteroatoms. The summed E-state index contributed by atoms with van der Waals surface area (Å²) in [6.07, 6.45) is 3.55. The lowest BCUT2D eigenvalue weighted by Crippen LogP contribution is -2.29. The van der Waals surface area contributed by atoms with E-state index in [1.165, 1.54) is 22.6 Å². The van der Waals surface area contributed by atoms with E-state index >= 15 is 0 Å². The van der Waals surface area contributed by atoms with Crippen molar-refractivity contribution < 1.29 is 4.42 Å². The molecule has 0 saturated carbocycles. The third kappa shape index (κ3) is 4.39. The van der Waals surface area contributed by atoms with Crippen molar-refractivity contribution in [3.8, 4) is 5.69 Å². The molecule has 3 aromatic heterocycles. The zero-order valence-corrected chi connectivity index (χ0v) is 22.1. The first-order chi connectivity index (χ1) is 17.5. The van der Waals surface area contributed by atoms with Crippen LogP contribution in [0.2, 0.25) is 0 Å². The maximum atomic E-state index is 5.84. The molecule has 186 valence electrons. The Bertz CT molecular complexity index is 1310. The highest BCUT2D eigenvalue weighted by Gasteiger charge is 2.41. The minimum absolute atomic E-state index is 0.0209. The fraction of sp³-hybridized carbons (Fsp3) is 0.310. The van der Waals surface area contributed by atoms with Crippen LogP contribution in [-0.2, 0) is 6.54 Å². The van der Waals surface area contributed by atoms with E-state index in [0.717, 1.165) is 30.2 Å². The first-order valence-corrected chi connectivity index (χ1v) is 13.0. The summed E-state index contributed by atoms with van der Waals surface area (Å²) < 4.78 is 8.03. The van der Waals surface area contributed by atoms with Crippen molar-refractivity contribution in [1.82, 2.24) is 19.8 Å². The van der Waals surface area contributed by atoms with Crippen molar-refractivity contribution in [1.29, 1.82) is 0 Å². The predicted octanol–water partition coefficient (Wildman–Crippen LogP) is 6.10. The second-order valence-corrected chi connectivity index (χ2v) is 9.57. The van der Waals surface area contributed by atoms with Crippen LogP contribution in [0.3, 0.4) is 0 Å². The van der Waals surface area contributed by atoms with Crippen LogP contribution in [0.1, 0.15) is 54.3 Å². The smallest absolute Gasteiger partial charge is 0.170 e. The molecular formula is C29H33N5OS. The summed E-state index contributed by atoms with van der Waals surface area (Å²) in [6.45, 7) is 11.3. The second-order valence-electron chi connectivity index (χ2n) is 9.18. The summed E-state index contributed by atoms with van der Waals surface area (Å²) in [5.74, 6) is 0.881. The van der Waals surface area contributed by atoms with Gasteiger partial charge in [0, 0.05) is 42.0 Å². The van der Waals surface area contributed by atoms with Gasteiger partial charge in [0.2, 0.25) is 0 Å². The summed E-state index contributed by atoms with van der Waals surface area (Å²) in [7, 11) is 0. The molecule has 1 N–H and O–H groups in total. The molecule has 1 fully saturated rings. The molecule has 5 rings (SSSR count). The Labute approximate surface area is 218 Å². The van der Waals surface area contributed by atoms with Gasteiger partial charge >= 0.3 is 0 Å². The van der Waals surface area contributed by atoms with Gasteiger partial charge in [0.15, 0.2) is 5.11 Å². The Morgan fingerprint density at radius 1 is 1.03 bits per heavy atom. The highest BCUT2D eigenvalue weighted by atomic mass is 32.1. The van der Waals surface area contributed by atoms with Gasteiger partial charge in [-0.05, 0) is 100 Å². The first kappa shape index (κ1) is 24.1. The van der Waals surface area contributed by atoms with Crippen molar-refractivity contribution in [2.75, 3.05) is 18.0 Å². The third-order valence-electron chi connectivity index (χ3n) is 7.13. The molecule has 4 aromatic rings. The van der Waals surface area contributed by atoms with Gasteiger partial charge in [-0.15, -0.1) is 0 Å². The van der Waals surface area contributed by atoms with Crippen LogP contribution in [0.25, 0.3) is 5.69 Å². The lowest BCUT2D eigenvalue weighted by molar-refractivity contribution is 0.286. The number of hydrogen-bond acceptors (Lipinski definition) is 4. The van der Waals surface area contributed by atoms with Crippen molar-refractivity contribution in [3.05, 3.63) is 102 Å². The summed E-state index contributed by atoms with van der Waals surface area (Å²) in [5.41, 5.74) is 7.00. The predicted molar refractivity (Wildman–Crippen MR) is 149 cm³/mol. The third-order valence-corrected chi connectivity index (χ3v) is 7.48. The lowest BCUT2D eigenvalue weighted by atomic mass is 9.96. The largest absolute Gasteiger partial charge is 0.467 e. The number of aromatic nitrogens is 2. The van der Waals surface area contributed by atoms with E-state index in [0.29, 0.717) is 11.7 Å². The number of rotatable bonds is 8. The van der Waals surface area contributed by atoms with Crippen LogP contribution < -0.4 is 10.2 Å². The number of pyridine rings is 1. The molecule has 1 saturated heterocycles. The van der Waals surface area contributed by atoms with Crippen molar-refractivity contribution >= 4 is 23.0 Å². The van der Waals surface area contributed by atoms with Crippen LogP contribution in [0.5, 0.6) is 0 Å². The molecule has 36 heavy (non-hydrogen) atoms. The van der Waals surface area contributed by atoms with Crippen LogP contribution in [0.4, 0.5) is 5.69 Å². The molecule has 0 amide bonds. The van der Waals surface area contributed by atoms with E-state index in [1.54, 1.807) is 6.26 Å². The molecule has 0 bridgehead atoms. The number of hydrogen-bond donors (Lipinski definition) is 1. The average molecular weight is 500 g/mol. The topological polar surface area (TPSA) is 49.5 Å². The van der Waals surface area contributed by atoms with E-state index in [4.69, 9.17) is 16.6 Å². The molecule has 0 unspecified atom stereocenters. The van der Waals surface area contributed by atoms with E-state index in [2.05, 4.69) is 88.8 Å². The second kappa shape index (κ2) is 10.2. The fourth-order valence-electron chi connectivity index (χ4n) is 5.37. The van der Waals surface area contributed by atoms with Gasteiger partial charge in [0.25, 0.3) is 0 Å². The van der Waals surface area contributed by atoms with Crippen LogP contribution in [0.15, 0.2) is 77.5 Å². The molecular weight excluding hydrogens is 466 g/mol. The fourth-order valence-corrected chi connectivity index (χ4v) is 5.68. The van der Waals surface area contributed by atoms with Crippen LogP contribution in [-0.4, -0.2) is 32.7 Å². The van der Waals surface area contributed by atoms with E-state index < -0.39 is 0 Å². The molecule has 1 aliphatic rings. The Hall–Kier alpha value is -3.58. The molecule has 0 aliphatic carbocycles. The minimum Gasteiger partial charge on any atom is -0.467 e. The molecule has 1 aromatic carbocycles. The number of thiocarbonyl (C=S) groups is 1. The standard InChI is InChI=1S/C29H33N5OS/c1-5-32(6-2)22-12-14-23(15-13-22)34-20(3)18-25(21(34)4)28-27(26-11-7-8-16-30-26)31-29(36)33(28)19-24-10-9-17-35-24/h7-18,27-28H,5-6,19H2,1-4H3,(H,31,36)/t27-,28+/m0/s1. The Balaban J connectivity index is 1.56. The molecule has 2 atom stereocenters. The zero-order chi connectivity index (χ0) is 25.2. The quantitative estimate of drug-likeness (QED) is 0.296. The highest BCUT2D eigenvalue weighted by molar-refractivity contribution is 7.80. The van der Waals surface area contributed by atoms with Gasteiger partial charge in [-0.2, -0.15) is 0 Å². The Morgan fingerprint density at radius 3 is 2.44 bits per heavy atom. The van der Waals surface area contributed by atoms with Gasteiger partial charge in [0.1, 0.15) is 5.76 Å². The Kier molecular flexibility index (Phi) is 6.83. The van der Waals surface area contributed by atoms with E-state index in [1.807, 2.05) is 30.5 Å². The summed E-state index contributed by atoms with van der Waals surface area (Å²) in [5, 5.41) is 4.26. The Morgan fingerprint density at radius 2 is 1.81 bits per heavy atom. The van der Waals surface area contributed by atoms with E-state index in [9.17, 15) is 0 Å². The van der Waals surface area contributed by atoms with Crippen LogP contribution >= 0.6 is 12.2 Å². The first-order valence-electron chi connectivity index (χ1n) is 12.6. The molecule has 0 spiro atoms. The molecule has 0 radical (unpaired) electrons. The average Bonchev–Trinajstić information content (AvgIpc) is 3.60. The summed E-state index contributed by atoms with van der Waals surface area (Å²) in [4.78, 5) is 9.26. The number of anilines is 1. The number of nitrogens with one attached hydrogen (secondary N) is 1. The van der Waals surface area contributed by atoms with Gasteiger partial charge < -0.3 is 24.1 Å². The number of aryl methyl sites for hydroxylation is 1. The van der Waals surface area contributed by atoms with Gasteiger partial charge in [0.05, 0.1) is 30.6 Å². The minimum atomic E-state index is -0.0624. The maximum Gasteiger partial charge on any atom is 0.170 e. The van der Waals surface area contributed by atoms with Gasteiger partial charge in [-0.25, -0.2) is 0 Å². The normalized spacial score (nSPS) is 17.4. The van der Waals surface area contributed by atoms with Gasteiger partial charge in [-0.3, -0.25) is 4.98 Å². The summed E-state index contributed by atoms with van der Waals surface area (Å²) >= 11 is 5.84. The van der Waals surface area contributed by atoms with Crippen molar-refractivity contribution in [3.63, 3.8) is 0 Å². The molecule has 6 nitrogen and oxygen atoms in total. The number of nitrogens with zero attached hydrogens (tertiary/aromatic N) is 4. The van der Waals surface area contributed by atoms with Crippen molar-refractivity contribution in [2.24, 2.45) is 0 Å². The monoisotopic (exact) mass is 499 g/mol. The number of benzene rings is 1. The van der Waals surface area contributed by atoms with E-state index in [-0.39, 0.29) is 12.1 Å².